The van der Waals surface area contributed by atoms with Crippen LogP contribution in [-0.4, -0.2) is 25.7 Å². The monoisotopic (exact) mass is 280 g/mol. The van der Waals surface area contributed by atoms with Gasteiger partial charge in [-0.05, 0) is 31.2 Å². The molecular weight excluding hydrogens is 264 g/mol. The van der Waals surface area contributed by atoms with Crippen LogP contribution in [0.3, 0.4) is 0 Å². The first-order chi connectivity index (χ1) is 8.85. The lowest BCUT2D eigenvalue weighted by molar-refractivity contribution is 0.598. The summed E-state index contributed by atoms with van der Waals surface area (Å²) in [4.78, 5) is 4.40. The Morgan fingerprint density at radius 1 is 1.32 bits per heavy atom. The minimum atomic E-state index is -3.47. The quantitative estimate of drug-likeness (QED) is 0.718. The van der Waals surface area contributed by atoms with Gasteiger partial charge >= 0.3 is 0 Å². The van der Waals surface area contributed by atoms with E-state index in [1.165, 1.54) is 0 Å². The number of primary sulfonamides is 1. The summed E-state index contributed by atoms with van der Waals surface area (Å²) >= 11 is 0. The third-order valence-corrected chi connectivity index (χ3v) is 3.44. The molecule has 1 heterocycles. The molecule has 0 unspecified atom stereocenters. The van der Waals surface area contributed by atoms with Gasteiger partial charge in [-0.15, -0.1) is 0 Å². The summed E-state index contributed by atoms with van der Waals surface area (Å²) in [6.45, 7) is 2.12. The molecule has 0 fully saturated rings. The summed E-state index contributed by atoms with van der Waals surface area (Å²) in [5.74, 6) is -0.127. The standard InChI is InChI=1S/C12H16N4O2S/c1-8-6-12(15-4-5-19(14,17)18)10-7-9(13)2-3-11(10)16-8/h2-3,6-7H,4-5,13H2,1H3,(H,15,16)(H2,14,17,18). The molecule has 5 N–H and O–H groups in total. The topological polar surface area (TPSA) is 111 Å². The van der Waals surface area contributed by atoms with Crippen molar-refractivity contribution < 1.29 is 8.42 Å². The normalized spacial score (nSPS) is 11.7. The maximum Gasteiger partial charge on any atom is 0.210 e. The SMILES string of the molecule is Cc1cc(NCCS(N)(=O)=O)c2cc(N)ccc2n1. The van der Waals surface area contributed by atoms with Gasteiger partial charge in [0.15, 0.2) is 0 Å². The Balaban J connectivity index is 2.33. The van der Waals surface area contributed by atoms with Crippen LogP contribution in [0.1, 0.15) is 5.69 Å². The van der Waals surface area contributed by atoms with Crippen molar-refractivity contribution in [1.82, 2.24) is 4.98 Å². The summed E-state index contributed by atoms with van der Waals surface area (Å²) in [6, 6.07) is 7.28. The fourth-order valence-electron chi connectivity index (χ4n) is 1.85. The number of rotatable bonds is 4. The van der Waals surface area contributed by atoms with Crippen molar-refractivity contribution in [2.45, 2.75) is 6.92 Å². The van der Waals surface area contributed by atoms with Crippen molar-refractivity contribution in [3.05, 3.63) is 30.0 Å². The second-order valence-corrected chi connectivity index (χ2v) is 6.12. The number of hydrogen-bond donors (Lipinski definition) is 3. The van der Waals surface area contributed by atoms with E-state index in [1.807, 2.05) is 19.1 Å². The van der Waals surface area contributed by atoms with Gasteiger partial charge in [-0.1, -0.05) is 0 Å². The zero-order valence-electron chi connectivity index (χ0n) is 10.6. The van der Waals surface area contributed by atoms with Crippen molar-refractivity contribution in [1.29, 1.82) is 0 Å². The second kappa shape index (κ2) is 5.02. The zero-order chi connectivity index (χ0) is 14.0. The van der Waals surface area contributed by atoms with E-state index in [4.69, 9.17) is 10.9 Å². The van der Waals surface area contributed by atoms with Gasteiger partial charge in [0.05, 0.1) is 11.3 Å². The second-order valence-electron chi connectivity index (χ2n) is 4.38. The number of nitrogens with two attached hydrogens (primary N) is 2. The van der Waals surface area contributed by atoms with Gasteiger partial charge in [-0.2, -0.15) is 0 Å². The first kappa shape index (κ1) is 13.6. The Hall–Kier alpha value is -1.86. The molecule has 19 heavy (non-hydrogen) atoms. The number of nitrogens with zero attached hydrogens (tertiary/aromatic N) is 1. The average Bonchev–Trinajstić information content (AvgIpc) is 2.28. The summed E-state index contributed by atoms with van der Waals surface area (Å²) in [5, 5.41) is 8.88. The average molecular weight is 280 g/mol. The number of pyridine rings is 1. The van der Waals surface area contributed by atoms with E-state index >= 15 is 0 Å². The third kappa shape index (κ3) is 3.55. The Kier molecular flexibility index (Phi) is 3.59. The first-order valence-electron chi connectivity index (χ1n) is 5.76. The Morgan fingerprint density at radius 2 is 2.05 bits per heavy atom. The molecule has 0 amide bonds. The molecule has 0 saturated carbocycles. The van der Waals surface area contributed by atoms with Crippen LogP contribution in [0.2, 0.25) is 0 Å². The van der Waals surface area contributed by atoms with Crippen LogP contribution in [-0.2, 0) is 10.0 Å². The molecule has 0 aliphatic heterocycles. The Morgan fingerprint density at radius 3 is 2.74 bits per heavy atom. The van der Waals surface area contributed by atoms with Crippen LogP contribution in [0.15, 0.2) is 24.3 Å². The predicted octanol–water partition coefficient (Wildman–Crippen LogP) is 0.826. The molecule has 2 rings (SSSR count). The zero-order valence-corrected chi connectivity index (χ0v) is 11.4. The van der Waals surface area contributed by atoms with Gasteiger partial charge in [-0.25, -0.2) is 13.6 Å². The van der Waals surface area contributed by atoms with Crippen LogP contribution >= 0.6 is 0 Å². The van der Waals surface area contributed by atoms with Crippen molar-refractivity contribution >= 4 is 32.3 Å². The van der Waals surface area contributed by atoms with E-state index in [2.05, 4.69) is 10.3 Å². The lowest BCUT2D eigenvalue weighted by Gasteiger charge is -2.10. The number of hydrogen-bond acceptors (Lipinski definition) is 5. The predicted molar refractivity (Wildman–Crippen MR) is 77.4 cm³/mol. The molecule has 6 nitrogen and oxygen atoms in total. The van der Waals surface area contributed by atoms with Crippen molar-refractivity contribution in [2.75, 3.05) is 23.3 Å². The molecule has 1 aromatic heterocycles. The largest absolute Gasteiger partial charge is 0.399 e. The molecule has 102 valence electrons. The lowest BCUT2D eigenvalue weighted by atomic mass is 10.1. The molecule has 0 aliphatic rings. The number of nitrogens with one attached hydrogen (secondary N) is 1. The Bertz CT molecular complexity index is 713. The van der Waals surface area contributed by atoms with Crippen molar-refractivity contribution in [3.8, 4) is 0 Å². The van der Waals surface area contributed by atoms with E-state index in [1.54, 1.807) is 12.1 Å². The van der Waals surface area contributed by atoms with Crippen LogP contribution in [0, 0.1) is 6.92 Å². The van der Waals surface area contributed by atoms with E-state index in [0.29, 0.717) is 5.69 Å². The highest BCUT2D eigenvalue weighted by Gasteiger charge is 2.06. The van der Waals surface area contributed by atoms with Crippen molar-refractivity contribution in [2.24, 2.45) is 5.14 Å². The van der Waals surface area contributed by atoms with Crippen LogP contribution < -0.4 is 16.2 Å². The van der Waals surface area contributed by atoms with Crippen LogP contribution in [0.5, 0.6) is 0 Å². The smallest absolute Gasteiger partial charge is 0.210 e. The van der Waals surface area contributed by atoms with Crippen LogP contribution in [0.4, 0.5) is 11.4 Å². The highest BCUT2D eigenvalue weighted by Crippen LogP contribution is 2.25. The van der Waals surface area contributed by atoms with E-state index < -0.39 is 10.0 Å². The highest BCUT2D eigenvalue weighted by atomic mass is 32.2. The molecule has 0 aliphatic carbocycles. The summed E-state index contributed by atoms with van der Waals surface area (Å²) < 4.78 is 21.8. The Labute approximate surface area is 111 Å². The van der Waals surface area contributed by atoms with Gasteiger partial charge in [0.1, 0.15) is 0 Å². The molecule has 2 aromatic rings. The summed E-state index contributed by atoms with van der Waals surface area (Å²) in [6.07, 6.45) is 0. The fourth-order valence-corrected chi connectivity index (χ4v) is 2.24. The molecule has 0 atom stereocenters. The maximum absolute atomic E-state index is 10.9. The minimum Gasteiger partial charge on any atom is -0.399 e. The fraction of sp³-hybridized carbons (Fsp3) is 0.250. The number of aromatic nitrogens is 1. The molecule has 0 spiro atoms. The van der Waals surface area contributed by atoms with E-state index in [0.717, 1.165) is 22.3 Å². The molecule has 0 bridgehead atoms. The van der Waals surface area contributed by atoms with Gasteiger partial charge in [-0.3, -0.25) is 4.98 Å². The number of sulfonamides is 1. The van der Waals surface area contributed by atoms with Gasteiger partial charge in [0, 0.05) is 29.0 Å². The number of anilines is 2. The molecule has 0 saturated heterocycles. The molecule has 7 heteroatoms. The minimum absolute atomic E-state index is 0.127. The molecule has 1 aromatic carbocycles. The number of aryl methyl sites for hydroxylation is 1. The van der Waals surface area contributed by atoms with E-state index in [-0.39, 0.29) is 12.3 Å². The number of nitrogen functional groups attached to an aromatic ring is 1. The summed E-state index contributed by atoms with van der Waals surface area (Å²) in [5.41, 5.74) is 8.85. The van der Waals surface area contributed by atoms with E-state index in [9.17, 15) is 8.42 Å². The third-order valence-electron chi connectivity index (χ3n) is 2.66. The highest BCUT2D eigenvalue weighted by molar-refractivity contribution is 7.89. The lowest BCUT2D eigenvalue weighted by Crippen LogP contribution is -2.22. The number of fused-ring (bicyclic) bond motifs is 1. The van der Waals surface area contributed by atoms with Gasteiger partial charge in [0.25, 0.3) is 0 Å². The van der Waals surface area contributed by atoms with Crippen molar-refractivity contribution in [3.63, 3.8) is 0 Å². The van der Waals surface area contributed by atoms with Crippen LogP contribution in [0.25, 0.3) is 10.9 Å². The number of benzene rings is 1. The maximum atomic E-state index is 10.9. The molecular formula is C12H16N4O2S. The molecule has 0 radical (unpaired) electrons. The van der Waals surface area contributed by atoms with Gasteiger partial charge in [0.2, 0.25) is 10.0 Å². The summed E-state index contributed by atoms with van der Waals surface area (Å²) in [7, 11) is -3.47. The van der Waals surface area contributed by atoms with Gasteiger partial charge < -0.3 is 11.1 Å². The first-order valence-corrected chi connectivity index (χ1v) is 7.48.